The van der Waals surface area contributed by atoms with Crippen LogP contribution in [0.25, 0.3) is 0 Å². The van der Waals surface area contributed by atoms with Gasteiger partial charge < -0.3 is 10.7 Å². The molecule has 2 rings (SSSR count). The standard InChI is InChI=1S/C14H13N5O/c15-7-5-10-1-3-11(4-2-10)18-14(20)12-6-8-17-9-13(12)19-16/h1-4,6,8-9,19H,5,16H2,(H,18,20). The van der Waals surface area contributed by atoms with E-state index >= 15 is 0 Å². The van der Waals surface area contributed by atoms with Crippen LogP contribution >= 0.6 is 0 Å². The number of nitriles is 1. The molecule has 100 valence electrons. The van der Waals surface area contributed by atoms with Crippen LogP contribution in [-0.2, 0) is 6.42 Å². The van der Waals surface area contributed by atoms with Gasteiger partial charge in [-0.2, -0.15) is 5.26 Å². The molecule has 0 fully saturated rings. The van der Waals surface area contributed by atoms with Crippen molar-refractivity contribution in [3.8, 4) is 6.07 Å². The summed E-state index contributed by atoms with van der Waals surface area (Å²) in [7, 11) is 0. The van der Waals surface area contributed by atoms with E-state index in [4.69, 9.17) is 11.1 Å². The van der Waals surface area contributed by atoms with Gasteiger partial charge in [-0.25, -0.2) is 0 Å². The first-order valence-electron chi connectivity index (χ1n) is 5.92. The molecule has 0 spiro atoms. The SMILES string of the molecule is N#CCc1ccc(NC(=O)c2ccncc2NN)cc1. The fraction of sp³-hybridized carbons (Fsp3) is 0.0714. The highest BCUT2D eigenvalue weighted by Crippen LogP contribution is 2.15. The summed E-state index contributed by atoms with van der Waals surface area (Å²) in [6, 6.07) is 10.7. The molecule has 2 aromatic rings. The second kappa shape index (κ2) is 6.31. The number of amides is 1. The molecular formula is C14H13N5O. The third-order valence-electron chi connectivity index (χ3n) is 2.72. The molecule has 1 aromatic carbocycles. The van der Waals surface area contributed by atoms with Gasteiger partial charge in [-0.3, -0.25) is 15.6 Å². The van der Waals surface area contributed by atoms with Crippen LogP contribution in [0, 0.1) is 11.3 Å². The molecule has 0 bridgehead atoms. The van der Waals surface area contributed by atoms with Crippen molar-refractivity contribution >= 4 is 17.3 Å². The van der Waals surface area contributed by atoms with Crippen molar-refractivity contribution in [2.24, 2.45) is 5.84 Å². The lowest BCUT2D eigenvalue weighted by Crippen LogP contribution is -2.17. The Morgan fingerprint density at radius 1 is 1.30 bits per heavy atom. The maximum absolute atomic E-state index is 12.1. The first-order valence-corrected chi connectivity index (χ1v) is 5.92. The summed E-state index contributed by atoms with van der Waals surface area (Å²) in [4.78, 5) is 16.0. The number of nitrogens with zero attached hydrogens (tertiary/aromatic N) is 2. The maximum Gasteiger partial charge on any atom is 0.257 e. The summed E-state index contributed by atoms with van der Waals surface area (Å²) in [6.45, 7) is 0. The zero-order chi connectivity index (χ0) is 14.4. The molecule has 0 aliphatic carbocycles. The molecule has 20 heavy (non-hydrogen) atoms. The second-order valence-corrected chi connectivity index (χ2v) is 4.05. The van der Waals surface area contributed by atoms with Gasteiger partial charge in [0.15, 0.2) is 0 Å². The molecule has 0 aliphatic heterocycles. The Balaban J connectivity index is 2.13. The molecule has 0 unspecified atom stereocenters. The van der Waals surface area contributed by atoms with Crippen molar-refractivity contribution in [1.29, 1.82) is 5.26 Å². The van der Waals surface area contributed by atoms with Gasteiger partial charge in [0.05, 0.1) is 29.9 Å². The number of benzene rings is 1. The van der Waals surface area contributed by atoms with Gasteiger partial charge >= 0.3 is 0 Å². The molecule has 0 saturated heterocycles. The van der Waals surface area contributed by atoms with Gasteiger partial charge in [0, 0.05) is 11.9 Å². The van der Waals surface area contributed by atoms with Crippen LogP contribution in [0.2, 0.25) is 0 Å². The number of hydrogen-bond donors (Lipinski definition) is 3. The number of nitrogens with one attached hydrogen (secondary N) is 2. The van der Waals surface area contributed by atoms with Crippen molar-refractivity contribution < 1.29 is 4.79 Å². The van der Waals surface area contributed by atoms with Crippen LogP contribution in [0.3, 0.4) is 0 Å². The molecule has 1 aromatic heterocycles. The Morgan fingerprint density at radius 2 is 2.05 bits per heavy atom. The third kappa shape index (κ3) is 3.10. The summed E-state index contributed by atoms with van der Waals surface area (Å²) in [5.41, 5.74) is 4.84. The molecule has 4 N–H and O–H groups in total. The highest BCUT2D eigenvalue weighted by Gasteiger charge is 2.10. The minimum atomic E-state index is -0.284. The lowest BCUT2D eigenvalue weighted by Gasteiger charge is -2.09. The Labute approximate surface area is 116 Å². The number of nitrogens with two attached hydrogens (primary N) is 1. The van der Waals surface area contributed by atoms with E-state index in [1.807, 2.05) is 0 Å². The fourth-order valence-electron chi connectivity index (χ4n) is 1.70. The van der Waals surface area contributed by atoms with E-state index in [0.717, 1.165) is 5.56 Å². The van der Waals surface area contributed by atoms with Crippen molar-refractivity contribution in [2.75, 3.05) is 10.7 Å². The van der Waals surface area contributed by atoms with Crippen LogP contribution in [-0.4, -0.2) is 10.9 Å². The van der Waals surface area contributed by atoms with Gasteiger partial charge in [0.25, 0.3) is 5.91 Å². The molecular weight excluding hydrogens is 254 g/mol. The molecule has 0 radical (unpaired) electrons. The third-order valence-corrected chi connectivity index (χ3v) is 2.72. The topological polar surface area (TPSA) is 104 Å². The van der Waals surface area contributed by atoms with Crippen LogP contribution in [0.1, 0.15) is 15.9 Å². The van der Waals surface area contributed by atoms with Crippen LogP contribution in [0.15, 0.2) is 42.7 Å². The normalized spacial score (nSPS) is 9.60. The van der Waals surface area contributed by atoms with E-state index in [-0.39, 0.29) is 5.91 Å². The predicted molar refractivity (Wildman–Crippen MR) is 75.8 cm³/mol. The van der Waals surface area contributed by atoms with Crippen LogP contribution < -0.4 is 16.6 Å². The van der Waals surface area contributed by atoms with Gasteiger partial charge in [-0.05, 0) is 23.8 Å². The zero-order valence-corrected chi connectivity index (χ0v) is 10.6. The van der Waals surface area contributed by atoms with Crippen LogP contribution in [0.4, 0.5) is 11.4 Å². The first kappa shape index (κ1) is 13.5. The smallest absolute Gasteiger partial charge is 0.257 e. The molecule has 0 atom stereocenters. The van der Waals surface area contributed by atoms with Crippen molar-refractivity contribution in [3.05, 3.63) is 53.9 Å². The molecule has 0 saturated carbocycles. The molecule has 6 nitrogen and oxygen atoms in total. The maximum atomic E-state index is 12.1. The second-order valence-electron chi connectivity index (χ2n) is 4.05. The number of nitrogen functional groups attached to an aromatic ring is 1. The lowest BCUT2D eigenvalue weighted by molar-refractivity contribution is 0.102. The summed E-state index contributed by atoms with van der Waals surface area (Å²) < 4.78 is 0. The minimum absolute atomic E-state index is 0.284. The van der Waals surface area contributed by atoms with E-state index in [9.17, 15) is 4.79 Å². The number of rotatable bonds is 4. The Kier molecular flexibility index (Phi) is 4.27. The van der Waals surface area contributed by atoms with E-state index in [0.29, 0.717) is 23.4 Å². The molecule has 1 heterocycles. The molecule has 1 amide bonds. The van der Waals surface area contributed by atoms with Crippen molar-refractivity contribution in [2.45, 2.75) is 6.42 Å². The lowest BCUT2D eigenvalue weighted by atomic mass is 10.1. The summed E-state index contributed by atoms with van der Waals surface area (Å²) in [5, 5.41) is 11.4. The van der Waals surface area contributed by atoms with E-state index in [1.165, 1.54) is 12.4 Å². The first-order chi connectivity index (χ1) is 9.74. The Hall–Kier alpha value is -2.91. The highest BCUT2D eigenvalue weighted by atomic mass is 16.1. The van der Waals surface area contributed by atoms with Gasteiger partial charge in [0.2, 0.25) is 0 Å². The fourth-order valence-corrected chi connectivity index (χ4v) is 1.70. The number of carbonyl (C=O) groups is 1. The summed E-state index contributed by atoms with van der Waals surface area (Å²) >= 11 is 0. The number of hydrogen-bond acceptors (Lipinski definition) is 5. The number of pyridine rings is 1. The Morgan fingerprint density at radius 3 is 2.70 bits per heavy atom. The Bertz CT molecular complexity index is 645. The van der Waals surface area contributed by atoms with Gasteiger partial charge in [-0.1, -0.05) is 12.1 Å². The number of hydrazine groups is 1. The summed E-state index contributed by atoms with van der Waals surface area (Å²) in [6.07, 6.45) is 3.34. The molecule has 6 heteroatoms. The average Bonchev–Trinajstić information content (AvgIpc) is 2.49. The number of aromatic nitrogens is 1. The van der Waals surface area contributed by atoms with Crippen LogP contribution in [0.5, 0.6) is 0 Å². The van der Waals surface area contributed by atoms with E-state index in [2.05, 4.69) is 21.8 Å². The van der Waals surface area contributed by atoms with Gasteiger partial charge in [-0.15, -0.1) is 0 Å². The quantitative estimate of drug-likeness (QED) is 0.577. The van der Waals surface area contributed by atoms with Gasteiger partial charge in [0.1, 0.15) is 0 Å². The van der Waals surface area contributed by atoms with E-state index < -0.39 is 0 Å². The van der Waals surface area contributed by atoms with Crippen molar-refractivity contribution in [3.63, 3.8) is 0 Å². The summed E-state index contributed by atoms with van der Waals surface area (Å²) in [5.74, 6) is 5.05. The number of carbonyl (C=O) groups excluding carboxylic acids is 1. The molecule has 0 aliphatic rings. The largest absolute Gasteiger partial charge is 0.322 e. The predicted octanol–water partition coefficient (Wildman–Crippen LogP) is 1.69. The van der Waals surface area contributed by atoms with Crippen molar-refractivity contribution in [1.82, 2.24) is 4.98 Å². The number of anilines is 2. The monoisotopic (exact) mass is 267 g/mol. The van der Waals surface area contributed by atoms with E-state index in [1.54, 1.807) is 30.3 Å². The average molecular weight is 267 g/mol. The highest BCUT2D eigenvalue weighted by molar-refractivity contribution is 6.07. The minimum Gasteiger partial charge on any atom is -0.322 e. The zero-order valence-electron chi connectivity index (χ0n) is 10.6.